The van der Waals surface area contributed by atoms with Crippen LogP contribution in [-0.2, 0) is 0 Å². The fourth-order valence-corrected chi connectivity index (χ4v) is 3.53. The van der Waals surface area contributed by atoms with Gasteiger partial charge in [0.15, 0.2) is 0 Å². The lowest BCUT2D eigenvalue weighted by Crippen LogP contribution is -2.25. The Morgan fingerprint density at radius 3 is 2.45 bits per heavy atom. The average molecular weight is 411 g/mol. The number of allylic oxidation sites excluding steroid dienone is 6. The summed E-state index contributed by atoms with van der Waals surface area (Å²) in [7, 11) is 1.91. The fraction of sp³-hybridized carbons (Fsp3) is 0.250. The largest absolute Gasteiger partial charge is 0.391 e. The maximum Gasteiger partial charge on any atom is 0.251 e. The van der Waals surface area contributed by atoms with E-state index in [1.54, 1.807) is 0 Å². The van der Waals surface area contributed by atoms with Gasteiger partial charge in [0.2, 0.25) is 0 Å². The zero-order valence-electron chi connectivity index (χ0n) is 18.8. The maximum atomic E-state index is 12.5. The molecule has 0 heterocycles. The molecule has 0 aliphatic heterocycles. The zero-order valence-corrected chi connectivity index (χ0v) is 18.8. The molecule has 3 rings (SSSR count). The molecule has 0 radical (unpaired) electrons. The molecule has 1 saturated carbocycles. The average Bonchev–Trinajstić information content (AvgIpc) is 3.61. The number of carbonyl (C=O) groups excluding carboxylic acids is 1. The number of rotatable bonds is 7. The Kier molecular flexibility index (Phi) is 7.15. The highest BCUT2D eigenvalue weighted by molar-refractivity contribution is 5.96. The van der Waals surface area contributed by atoms with Crippen LogP contribution >= 0.6 is 0 Å². The van der Waals surface area contributed by atoms with Crippen molar-refractivity contribution >= 4 is 17.1 Å². The molecule has 2 aromatic carbocycles. The van der Waals surface area contributed by atoms with Gasteiger partial charge in [-0.25, -0.2) is 0 Å². The van der Waals surface area contributed by atoms with Crippen LogP contribution in [0.25, 0.3) is 11.1 Å². The predicted molar refractivity (Wildman–Crippen MR) is 130 cm³/mol. The molecule has 1 aliphatic rings. The van der Waals surface area contributed by atoms with Crippen molar-refractivity contribution in [2.45, 2.75) is 39.7 Å². The Labute approximate surface area is 186 Å². The highest BCUT2D eigenvalue weighted by Crippen LogP contribution is 2.31. The molecule has 0 atom stereocenters. The van der Waals surface area contributed by atoms with E-state index >= 15 is 0 Å². The van der Waals surface area contributed by atoms with E-state index in [0.29, 0.717) is 11.6 Å². The Morgan fingerprint density at radius 1 is 1.13 bits per heavy atom. The van der Waals surface area contributed by atoms with E-state index < -0.39 is 0 Å². The standard InChI is InChI=1S/C28H30N2O/c1-6-21(22-12-10-13-23(17-22)28(31)30-24-15-16-24)18-27(20(4)29-5)25(7-2)26-14-9-8-11-19(26)3/h1,7-14,17-18,24,29H,15-16H2,2-5H3,(H,30,31)/b21-18+,25-7+,27-20-. The topological polar surface area (TPSA) is 41.1 Å². The van der Waals surface area contributed by atoms with Crippen LogP contribution in [0.15, 0.2) is 72.0 Å². The molecule has 0 spiro atoms. The second-order valence-corrected chi connectivity index (χ2v) is 7.84. The van der Waals surface area contributed by atoms with Crippen LogP contribution in [0.4, 0.5) is 0 Å². The number of aryl methyl sites for hydroxylation is 1. The highest BCUT2D eigenvalue weighted by atomic mass is 16.1. The van der Waals surface area contributed by atoms with Crippen molar-refractivity contribution in [1.29, 1.82) is 0 Å². The monoisotopic (exact) mass is 410 g/mol. The molecular weight excluding hydrogens is 380 g/mol. The molecular formula is C28H30N2O. The molecule has 2 aromatic rings. The Hall–Kier alpha value is -3.51. The molecule has 31 heavy (non-hydrogen) atoms. The third kappa shape index (κ3) is 5.35. The summed E-state index contributed by atoms with van der Waals surface area (Å²) in [4.78, 5) is 12.5. The number of nitrogens with one attached hydrogen (secondary N) is 2. The normalized spacial score (nSPS) is 15.1. The summed E-state index contributed by atoms with van der Waals surface area (Å²) in [6.45, 7) is 6.19. The quantitative estimate of drug-likeness (QED) is 0.467. The van der Waals surface area contributed by atoms with Gasteiger partial charge in [0.25, 0.3) is 5.91 Å². The second kappa shape index (κ2) is 10.00. The number of amides is 1. The van der Waals surface area contributed by atoms with Crippen molar-refractivity contribution in [1.82, 2.24) is 10.6 Å². The van der Waals surface area contributed by atoms with Crippen molar-refractivity contribution in [3.63, 3.8) is 0 Å². The van der Waals surface area contributed by atoms with Gasteiger partial charge in [0.05, 0.1) is 0 Å². The van der Waals surface area contributed by atoms with E-state index in [9.17, 15) is 4.79 Å². The molecule has 1 aliphatic carbocycles. The smallest absolute Gasteiger partial charge is 0.251 e. The van der Waals surface area contributed by atoms with Gasteiger partial charge in [-0.1, -0.05) is 48.4 Å². The molecule has 1 amide bonds. The van der Waals surface area contributed by atoms with Gasteiger partial charge in [-0.2, -0.15) is 0 Å². The van der Waals surface area contributed by atoms with Crippen LogP contribution < -0.4 is 10.6 Å². The number of hydrogen-bond donors (Lipinski definition) is 2. The first-order valence-corrected chi connectivity index (χ1v) is 10.7. The highest BCUT2D eigenvalue weighted by Gasteiger charge is 2.24. The summed E-state index contributed by atoms with van der Waals surface area (Å²) >= 11 is 0. The SMILES string of the molecule is C#C\C(=C/C(=C(\C)NC)C(=C/C)/c1ccccc1C)c1cccc(C(=O)NC2CC2)c1. The molecule has 3 nitrogen and oxygen atoms in total. The third-order valence-electron chi connectivity index (χ3n) is 5.59. The predicted octanol–water partition coefficient (Wildman–Crippen LogP) is 5.50. The molecule has 0 bridgehead atoms. The minimum absolute atomic E-state index is 0.0445. The van der Waals surface area contributed by atoms with Crippen molar-refractivity contribution in [2.24, 2.45) is 0 Å². The van der Waals surface area contributed by atoms with Gasteiger partial charge in [-0.3, -0.25) is 4.79 Å². The van der Waals surface area contributed by atoms with E-state index in [2.05, 4.69) is 41.7 Å². The first kappa shape index (κ1) is 22.2. The minimum Gasteiger partial charge on any atom is -0.391 e. The van der Waals surface area contributed by atoms with Crippen LogP contribution in [0.3, 0.4) is 0 Å². The van der Waals surface area contributed by atoms with Crippen LogP contribution in [0.5, 0.6) is 0 Å². The summed E-state index contributed by atoms with van der Waals surface area (Å²) in [6.07, 6.45) is 12.2. The molecule has 158 valence electrons. The lowest BCUT2D eigenvalue weighted by atomic mass is 9.90. The minimum atomic E-state index is -0.0445. The Bertz CT molecular complexity index is 1110. The van der Waals surface area contributed by atoms with E-state index in [4.69, 9.17) is 6.42 Å². The van der Waals surface area contributed by atoms with Gasteiger partial charge in [0.1, 0.15) is 0 Å². The first-order valence-electron chi connectivity index (χ1n) is 10.7. The van der Waals surface area contributed by atoms with Crippen LogP contribution in [0, 0.1) is 19.3 Å². The fourth-order valence-electron chi connectivity index (χ4n) is 3.53. The van der Waals surface area contributed by atoms with Gasteiger partial charge in [0, 0.05) is 35.5 Å². The summed E-state index contributed by atoms with van der Waals surface area (Å²) < 4.78 is 0. The maximum absolute atomic E-state index is 12.5. The van der Waals surface area contributed by atoms with E-state index in [1.165, 1.54) is 11.1 Å². The molecule has 1 fully saturated rings. The van der Waals surface area contributed by atoms with E-state index in [0.717, 1.165) is 40.8 Å². The van der Waals surface area contributed by atoms with Crippen LogP contribution in [-0.4, -0.2) is 19.0 Å². The number of carbonyl (C=O) groups is 1. The Balaban J connectivity index is 2.04. The molecule has 0 unspecified atom stereocenters. The van der Waals surface area contributed by atoms with E-state index in [1.807, 2.05) is 63.4 Å². The second-order valence-electron chi connectivity index (χ2n) is 7.84. The van der Waals surface area contributed by atoms with Gasteiger partial charge >= 0.3 is 0 Å². The van der Waals surface area contributed by atoms with Gasteiger partial charge < -0.3 is 10.6 Å². The van der Waals surface area contributed by atoms with Crippen molar-refractivity contribution in [3.8, 4) is 12.3 Å². The zero-order chi connectivity index (χ0) is 22.4. The van der Waals surface area contributed by atoms with Crippen LogP contribution in [0.2, 0.25) is 0 Å². The van der Waals surface area contributed by atoms with Crippen molar-refractivity contribution in [3.05, 3.63) is 94.2 Å². The van der Waals surface area contributed by atoms with E-state index in [-0.39, 0.29) is 5.91 Å². The van der Waals surface area contributed by atoms with Gasteiger partial charge in [-0.15, -0.1) is 6.42 Å². The molecule has 0 aromatic heterocycles. The van der Waals surface area contributed by atoms with Gasteiger partial charge in [-0.05, 0) is 74.1 Å². The lowest BCUT2D eigenvalue weighted by molar-refractivity contribution is 0.0951. The summed E-state index contributed by atoms with van der Waals surface area (Å²) in [5.74, 6) is 2.79. The Morgan fingerprint density at radius 2 is 1.84 bits per heavy atom. The number of hydrogen-bond acceptors (Lipinski definition) is 2. The first-order chi connectivity index (χ1) is 15.0. The van der Waals surface area contributed by atoms with Crippen molar-refractivity contribution < 1.29 is 4.79 Å². The molecule has 3 heteroatoms. The van der Waals surface area contributed by atoms with Crippen LogP contribution in [0.1, 0.15) is 53.7 Å². The van der Waals surface area contributed by atoms with Crippen molar-refractivity contribution in [2.75, 3.05) is 7.05 Å². The molecule has 0 saturated heterocycles. The molecule has 2 N–H and O–H groups in total. The lowest BCUT2D eigenvalue weighted by Gasteiger charge is -2.16. The summed E-state index contributed by atoms with van der Waals surface area (Å²) in [5.41, 5.74) is 7.75. The number of benzene rings is 2. The number of terminal acetylenes is 1. The summed E-state index contributed by atoms with van der Waals surface area (Å²) in [5, 5.41) is 6.31. The summed E-state index contributed by atoms with van der Waals surface area (Å²) in [6, 6.07) is 16.2. The third-order valence-corrected chi connectivity index (χ3v) is 5.59.